The molecule has 1 aromatic heterocycles. The van der Waals surface area contributed by atoms with Crippen LogP contribution in [0.2, 0.25) is 0 Å². The third-order valence-electron chi connectivity index (χ3n) is 3.09. The van der Waals surface area contributed by atoms with Crippen molar-refractivity contribution in [1.29, 1.82) is 0 Å². The van der Waals surface area contributed by atoms with Gasteiger partial charge in [-0.15, -0.1) is 24.0 Å². The van der Waals surface area contributed by atoms with Crippen molar-refractivity contribution in [3.05, 3.63) is 30.1 Å². The normalized spacial score (nSPS) is 11.2. The highest BCUT2D eigenvalue weighted by Gasteiger charge is 2.02. The van der Waals surface area contributed by atoms with Gasteiger partial charge in [0.1, 0.15) is 0 Å². The molecule has 0 aliphatic heterocycles. The molecule has 0 aliphatic carbocycles. The number of halogens is 1. The van der Waals surface area contributed by atoms with Gasteiger partial charge in [-0.1, -0.05) is 32.8 Å². The first-order valence-electron chi connectivity index (χ1n) is 6.70. The van der Waals surface area contributed by atoms with Gasteiger partial charge in [-0.05, 0) is 18.1 Å². The topological polar surface area (TPSA) is 63.3 Å². The summed E-state index contributed by atoms with van der Waals surface area (Å²) < 4.78 is 0. The molecule has 0 saturated carbocycles. The second-order valence-corrected chi connectivity index (χ2v) is 4.41. The first-order valence-corrected chi connectivity index (χ1v) is 6.70. The van der Waals surface area contributed by atoms with E-state index in [1.165, 1.54) is 0 Å². The summed E-state index contributed by atoms with van der Waals surface area (Å²) in [6.07, 6.45) is 4.98. The first kappa shape index (κ1) is 18.1. The average Bonchev–Trinajstić information content (AvgIpc) is 2.41. The maximum Gasteiger partial charge on any atom is 0.188 e. The van der Waals surface area contributed by atoms with Crippen LogP contribution in [-0.2, 0) is 6.42 Å². The molecule has 19 heavy (non-hydrogen) atoms. The third kappa shape index (κ3) is 8.02. The van der Waals surface area contributed by atoms with E-state index in [0.29, 0.717) is 11.9 Å². The minimum atomic E-state index is 0. The Balaban J connectivity index is 0.00000324. The van der Waals surface area contributed by atoms with Crippen LogP contribution < -0.4 is 11.1 Å². The van der Waals surface area contributed by atoms with Crippen molar-refractivity contribution in [2.24, 2.45) is 16.6 Å². The van der Waals surface area contributed by atoms with Crippen molar-refractivity contribution in [3.8, 4) is 0 Å². The monoisotopic (exact) mass is 376 g/mol. The second-order valence-electron chi connectivity index (χ2n) is 4.41. The molecular formula is C14H25IN4. The number of nitrogens with one attached hydrogen (secondary N) is 1. The lowest BCUT2D eigenvalue weighted by molar-refractivity contribution is 0.505. The number of guanidine groups is 1. The predicted octanol–water partition coefficient (Wildman–Crippen LogP) is 2.58. The van der Waals surface area contributed by atoms with Crippen molar-refractivity contribution in [1.82, 2.24) is 10.3 Å². The average molecular weight is 376 g/mol. The summed E-state index contributed by atoms with van der Waals surface area (Å²) in [5, 5.41) is 3.12. The van der Waals surface area contributed by atoms with Gasteiger partial charge < -0.3 is 11.1 Å². The SMILES string of the molecule is CCC(CC)CN=C(N)NCCc1ccccn1.I. The maximum atomic E-state index is 5.81. The van der Waals surface area contributed by atoms with Crippen molar-refractivity contribution < 1.29 is 0 Å². The molecule has 5 heteroatoms. The van der Waals surface area contributed by atoms with E-state index >= 15 is 0 Å². The number of aliphatic imine (C=N–C) groups is 1. The van der Waals surface area contributed by atoms with E-state index in [9.17, 15) is 0 Å². The van der Waals surface area contributed by atoms with Gasteiger partial charge in [0.15, 0.2) is 5.96 Å². The number of hydrogen-bond donors (Lipinski definition) is 2. The van der Waals surface area contributed by atoms with Crippen LogP contribution in [-0.4, -0.2) is 24.0 Å². The summed E-state index contributed by atoms with van der Waals surface area (Å²) in [6.45, 7) is 5.97. The minimum Gasteiger partial charge on any atom is -0.370 e. The Hall–Kier alpha value is -0.850. The van der Waals surface area contributed by atoms with Gasteiger partial charge in [-0.25, -0.2) is 0 Å². The first-order chi connectivity index (χ1) is 8.76. The molecule has 0 aliphatic rings. The fourth-order valence-electron chi connectivity index (χ4n) is 1.69. The number of rotatable bonds is 7. The van der Waals surface area contributed by atoms with Gasteiger partial charge in [0.25, 0.3) is 0 Å². The van der Waals surface area contributed by atoms with Crippen molar-refractivity contribution in [3.63, 3.8) is 0 Å². The lowest BCUT2D eigenvalue weighted by atomic mass is 10.0. The Morgan fingerprint density at radius 1 is 1.37 bits per heavy atom. The molecular weight excluding hydrogens is 351 g/mol. The van der Waals surface area contributed by atoms with E-state index in [1.807, 2.05) is 18.2 Å². The largest absolute Gasteiger partial charge is 0.370 e. The summed E-state index contributed by atoms with van der Waals surface area (Å²) in [5.41, 5.74) is 6.88. The predicted molar refractivity (Wildman–Crippen MR) is 91.9 cm³/mol. The number of nitrogens with two attached hydrogens (primary N) is 1. The molecule has 3 N–H and O–H groups in total. The smallest absolute Gasteiger partial charge is 0.188 e. The number of aromatic nitrogens is 1. The third-order valence-corrected chi connectivity index (χ3v) is 3.09. The zero-order valence-corrected chi connectivity index (χ0v) is 14.1. The molecule has 0 atom stereocenters. The van der Waals surface area contributed by atoms with Crippen LogP contribution in [0.25, 0.3) is 0 Å². The van der Waals surface area contributed by atoms with Gasteiger partial charge in [-0.2, -0.15) is 0 Å². The zero-order valence-electron chi connectivity index (χ0n) is 11.8. The van der Waals surface area contributed by atoms with Crippen LogP contribution in [0, 0.1) is 5.92 Å². The Morgan fingerprint density at radius 3 is 2.68 bits per heavy atom. The van der Waals surface area contributed by atoms with Gasteiger partial charge in [0.2, 0.25) is 0 Å². The summed E-state index contributed by atoms with van der Waals surface area (Å²) in [6, 6.07) is 5.93. The Bertz CT molecular complexity index is 350. The molecule has 1 heterocycles. The highest BCUT2D eigenvalue weighted by atomic mass is 127. The minimum absolute atomic E-state index is 0. The van der Waals surface area contributed by atoms with Gasteiger partial charge in [-0.3, -0.25) is 9.98 Å². The van der Waals surface area contributed by atoms with Gasteiger partial charge in [0, 0.05) is 31.4 Å². The van der Waals surface area contributed by atoms with Crippen LogP contribution in [0.15, 0.2) is 29.4 Å². The summed E-state index contributed by atoms with van der Waals surface area (Å²) in [5.74, 6) is 1.18. The molecule has 108 valence electrons. The molecule has 0 amide bonds. The summed E-state index contributed by atoms with van der Waals surface area (Å²) in [7, 11) is 0. The van der Waals surface area contributed by atoms with Crippen LogP contribution in [0.4, 0.5) is 0 Å². The second kappa shape index (κ2) is 11.0. The van der Waals surface area contributed by atoms with Crippen LogP contribution in [0.1, 0.15) is 32.4 Å². The zero-order chi connectivity index (χ0) is 13.2. The molecule has 1 aromatic rings. The van der Waals surface area contributed by atoms with E-state index in [-0.39, 0.29) is 24.0 Å². The molecule has 0 unspecified atom stereocenters. The Kier molecular flexibility index (Phi) is 10.5. The van der Waals surface area contributed by atoms with Gasteiger partial charge >= 0.3 is 0 Å². The fourth-order valence-corrected chi connectivity index (χ4v) is 1.69. The van der Waals surface area contributed by atoms with E-state index in [4.69, 9.17) is 5.73 Å². The molecule has 0 spiro atoms. The lowest BCUT2D eigenvalue weighted by Crippen LogP contribution is -2.33. The van der Waals surface area contributed by atoms with Crippen molar-refractivity contribution in [2.75, 3.05) is 13.1 Å². The molecule has 0 aromatic carbocycles. The number of hydrogen-bond acceptors (Lipinski definition) is 2. The molecule has 0 fully saturated rings. The standard InChI is InChI=1S/C14H24N4.HI/c1-3-12(4-2)11-18-14(15)17-10-8-13-7-5-6-9-16-13;/h5-7,9,12H,3-4,8,10-11H2,1-2H3,(H3,15,17,18);1H. The quantitative estimate of drug-likeness (QED) is 0.437. The fraction of sp³-hybridized carbons (Fsp3) is 0.571. The summed E-state index contributed by atoms with van der Waals surface area (Å²) in [4.78, 5) is 8.62. The molecule has 0 bridgehead atoms. The van der Waals surface area contributed by atoms with Crippen LogP contribution in [0.5, 0.6) is 0 Å². The van der Waals surface area contributed by atoms with Crippen LogP contribution >= 0.6 is 24.0 Å². The maximum absolute atomic E-state index is 5.81. The molecule has 1 rings (SSSR count). The highest BCUT2D eigenvalue weighted by molar-refractivity contribution is 14.0. The van der Waals surface area contributed by atoms with E-state index in [0.717, 1.165) is 38.0 Å². The summed E-state index contributed by atoms with van der Waals surface area (Å²) >= 11 is 0. The Morgan fingerprint density at radius 2 is 2.11 bits per heavy atom. The van der Waals surface area contributed by atoms with E-state index in [2.05, 4.69) is 29.1 Å². The lowest BCUT2D eigenvalue weighted by Gasteiger charge is -2.10. The highest BCUT2D eigenvalue weighted by Crippen LogP contribution is 2.06. The number of pyridine rings is 1. The Labute approximate surface area is 133 Å². The van der Waals surface area contributed by atoms with E-state index < -0.39 is 0 Å². The molecule has 4 nitrogen and oxygen atoms in total. The van der Waals surface area contributed by atoms with E-state index in [1.54, 1.807) is 6.20 Å². The number of nitrogens with zero attached hydrogens (tertiary/aromatic N) is 2. The van der Waals surface area contributed by atoms with Crippen molar-refractivity contribution in [2.45, 2.75) is 33.1 Å². The molecule has 0 saturated heterocycles. The van der Waals surface area contributed by atoms with Gasteiger partial charge in [0.05, 0.1) is 0 Å². The molecule has 0 radical (unpaired) electrons. The van der Waals surface area contributed by atoms with Crippen molar-refractivity contribution >= 4 is 29.9 Å². The van der Waals surface area contributed by atoms with Crippen LogP contribution in [0.3, 0.4) is 0 Å².